The van der Waals surface area contributed by atoms with Gasteiger partial charge in [-0.15, -0.1) is 0 Å². The predicted octanol–water partition coefficient (Wildman–Crippen LogP) is 0.852. The highest BCUT2D eigenvalue weighted by atomic mass is 16.5. The van der Waals surface area contributed by atoms with E-state index in [0.29, 0.717) is 18.8 Å². The standard InChI is InChI=1S/C7H9NO2/c8-2-1-6-3-7(4-6)10-5-9/h5-7H,1,3-4H2. The van der Waals surface area contributed by atoms with E-state index in [2.05, 4.69) is 10.8 Å². The van der Waals surface area contributed by atoms with Crippen molar-refractivity contribution in [3.05, 3.63) is 0 Å². The second-order valence-electron chi connectivity index (χ2n) is 2.55. The summed E-state index contributed by atoms with van der Waals surface area (Å²) in [4.78, 5) is 9.79. The number of nitrogens with zero attached hydrogens (tertiary/aromatic N) is 1. The highest BCUT2D eigenvalue weighted by Crippen LogP contribution is 2.31. The monoisotopic (exact) mass is 139 g/mol. The molecule has 0 bridgehead atoms. The molecule has 3 heteroatoms. The molecule has 1 aliphatic rings. The fourth-order valence-corrected chi connectivity index (χ4v) is 1.16. The summed E-state index contributed by atoms with van der Waals surface area (Å²) < 4.78 is 4.66. The number of hydrogen-bond acceptors (Lipinski definition) is 3. The summed E-state index contributed by atoms with van der Waals surface area (Å²) in [6.45, 7) is 0.479. The molecule has 0 heterocycles. The Kier molecular flexibility index (Phi) is 2.27. The van der Waals surface area contributed by atoms with Crippen LogP contribution in [0.4, 0.5) is 0 Å². The van der Waals surface area contributed by atoms with Crippen molar-refractivity contribution < 1.29 is 9.53 Å². The third-order valence-corrected chi connectivity index (χ3v) is 1.82. The van der Waals surface area contributed by atoms with Crippen LogP contribution in [0.2, 0.25) is 0 Å². The molecular formula is C7H9NO2. The summed E-state index contributed by atoms with van der Waals surface area (Å²) >= 11 is 0. The molecule has 54 valence electrons. The molecule has 0 saturated heterocycles. The van der Waals surface area contributed by atoms with Gasteiger partial charge in [0.15, 0.2) is 0 Å². The van der Waals surface area contributed by atoms with Crippen molar-refractivity contribution in [3.63, 3.8) is 0 Å². The van der Waals surface area contributed by atoms with Crippen LogP contribution in [0.5, 0.6) is 0 Å². The van der Waals surface area contributed by atoms with Crippen LogP contribution in [0.3, 0.4) is 0 Å². The average molecular weight is 139 g/mol. The Labute approximate surface area is 59.6 Å². The van der Waals surface area contributed by atoms with Crippen LogP contribution in [0, 0.1) is 17.2 Å². The molecule has 0 unspecified atom stereocenters. The molecule has 0 aromatic carbocycles. The van der Waals surface area contributed by atoms with Crippen molar-refractivity contribution in [2.24, 2.45) is 5.92 Å². The number of carbonyl (C=O) groups is 1. The topological polar surface area (TPSA) is 50.1 Å². The quantitative estimate of drug-likeness (QED) is 0.544. The van der Waals surface area contributed by atoms with Gasteiger partial charge in [-0.25, -0.2) is 0 Å². The molecular weight excluding hydrogens is 130 g/mol. The minimum Gasteiger partial charge on any atom is -0.465 e. The van der Waals surface area contributed by atoms with Gasteiger partial charge in [0.2, 0.25) is 0 Å². The van der Waals surface area contributed by atoms with Crippen LogP contribution in [0.15, 0.2) is 0 Å². The second kappa shape index (κ2) is 3.21. The van der Waals surface area contributed by atoms with Crippen molar-refractivity contribution in [2.45, 2.75) is 25.4 Å². The maximum atomic E-state index is 9.79. The molecule has 0 aromatic rings. The minimum atomic E-state index is 0.0934. The fourth-order valence-electron chi connectivity index (χ4n) is 1.16. The third kappa shape index (κ3) is 1.47. The van der Waals surface area contributed by atoms with Crippen molar-refractivity contribution in [1.82, 2.24) is 0 Å². The van der Waals surface area contributed by atoms with E-state index >= 15 is 0 Å². The molecule has 3 nitrogen and oxygen atoms in total. The van der Waals surface area contributed by atoms with Crippen LogP contribution in [-0.2, 0) is 9.53 Å². The van der Waals surface area contributed by atoms with Gasteiger partial charge in [-0.05, 0) is 18.8 Å². The van der Waals surface area contributed by atoms with Crippen molar-refractivity contribution in [3.8, 4) is 6.07 Å². The van der Waals surface area contributed by atoms with Crippen LogP contribution < -0.4 is 0 Å². The zero-order chi connectivity index (χ0) is 7.40. The minimum absolute atomic E-state index is 0.0934. The van der Waals surface area contributed by atoms with Crippen molar-refractivity contribution in [2.75, 3.05) is 0 Å². The SMILES string of the molecule is N#CCC1CC(OC=O)C1. The molecule has 1 aliphatic carbocycles. The maximum Gasteiger partial charge on any atom is 0.293 e. The van der Waals surface area contributed by atoms with Gasteiger partial charge in [-0.1, -0.05) is 0 Å². The van der Waals surface area contributed by atoms with Gasteiger partial charge >= 0.3 is 0 Å². The lowest BCUT2D eigenvalue weighted by Crippen LogP contribution is -2.30. The Balaban J connectivity index is 2.07. The van der Waals surface area contributed by atoms with E-state index in [1.807, 2.05) is 0 Å². The van der Waals surface area contributed by atoms with Gasteiger partial charge in [-0.2, -0.15) is 5.26 Å². The Morgan fingerprint density at radius 3 is 2.90 bits per heavy atom. The number of nitriles is 1. The summed E-state index contributed by atoms with van der Waals surface area (Å²) in [6, 6.07) is 2.09. The number of rotatable bonds is 3. The summed E-state index contributed by atoms with van der Waals surface area (Å²) in [5.41, 5.74) is 0. The first-order chi connectivity index (χ1) is 4.86. The summed E-state index contributed by atoms with van der Waals surface area (Å²) in [7, 11) is 0. The first-order valence-corrected chi connectivity index (χ1v) is 3.33. The molecule has 0 spiro atoms. The van der Waals surface area contributed by atoms with E-state index in [1.165, 1.54) is 0 Å². The Hall–Kier alpha value is -1.04. The summed E-state index contributed by atoms with van der Waals surface area (Å²) in [5.74, 6) is 0.468. The number of ether oxygens (including phenoxy) is 1. The highest BCUT2D eigenvalue weighted by molar-refractivity contribution is 5.37. The van der Waals surface area contributed by atoms with Gasteiger partial charge in [0.1, 0.15) is 6.10 Å². The van der Waals surface area contributed by atoms with Gasteiger partial charge < -0.3 is 4.74 Å². The van der Waals surface area contributed by atoms with Crippen LogP contribution >= 0.6 is 0 Å². The zero-order valence-corrected chi connectivity index (χ0v) is 5.62. The number of hydrogen-bond donors (Lipinski definition) is 0. The Morgan fingerprint density at radius 2 is 2.40 bits per heavy atom. The third-order valence-electron chi connectivity index (χ3n) is 1.82. The van der Waals surface area contributed by atoms with E-state index in [9.17, 15) is 4.79 Å². The summed E-state index contributed by atoms with van der Waals surface area (Å²) in [6.07, 6.45) is 2.42. The highest BCUT2D eigenvalue weighted by Gasteiger charge is 2.29. The van der Waals surface area contributed by atoms with Crippen LogP contribution in [-0.4, -0.2) is 12.6 Å². The van der Waals surface area contributed by atoms with E-state index in [1.54, 1.807) is 0 Å². The lowest BCUT2D eigenvalue weighted by Gasteiger charge is -2.31. The fraction of sp³-hybridized carbons (Fsp3) is 0.714. The van der Waals surface area contributed by atoms with E-state index < -0.39 is 0 Å². The second-order valence-corrected chi connectivity index (χ2v) is 2.55. The first-order valence-electron chi connectivity index (χ1n) is 3.33. The molecule has 1 saturated carbocycles. The van der Waals surface area contributed by atoms with Gasteiger partial charge in [-0.3, -0.25) is 4.79 Å². The van der Waals surface area contributed by atoms with Gasteiger partial charge in [0.25, 0.3) is 6.47 Å². The molecule has 1 rings (SSSR count). The van der Waals surface area contributed by atoms with Crippen molar-refractivity contribution in [1.29, 1.82) is 5.26 Å². The first kappa shape index (κ1) is 7.07. The normalized spacial score (nSPS) is 29.9. The molecule has 0 atom stereocenters. The van der Waals surface area contributed by atoms with E-state index in [0.717, 1.165) is 12.8 Å². The van der Waals surface area contributed by atoms with E-state index in [-0.39, 0.29) is 6.10 Å². The molecule has 10 heavy (non-hydrogen) atoms. The summed E-state index contributed by atoms with van der Waals surface area (Å²) in [5, 5.41) is 8.26. The predicted molar refractivity (Wildman–Crippen MR) is 33.9 cm³/mol. The zero-order valence-electron chi connectivity index (χ0n) is 5.62. The van der Waals surface area contributed by atoms with Crippen molar-refractivity contribution >= 4 is 6.47 Å². The lowest BCUT2D eigenvalue weighted by molar-refractivity contribution is -0.139. The molecule has 0 aromatic heterocycles. The number of carbonyl (C=O) groups excluding carboxylic acids is 1. The lowest BCUT2D eigenvalue weighted by atomic mass is 9.80. The molecule has 0 amide bonds. The Morgan fingerprint density at radius 1 is 1.70 bits per heavy atom. The largest absolute Gasteiger partial charge is 0.465 e. The maximum absolute atomic E-state index is 9.79. The van der Waals surface area contributed by atoms with Crippen LogP contribution in [0.1, 0.15) is 19.3 Å². The average Bonchev–Trinajstić information content (AvgIpc) is 1.84. The Bertz CT molecular complexity index is 155. The smallest absolute Gasteiger partial charge is 0.293 e. The van der Waals surface area contributed by atoms with Gasteiger partial charge in [0, 0.05) is 6.42 Å². The molecule has 0 radical (unpaired) electrons. The molecule has 0 N–H and O–H groups in total. The van der Waals surface area contributed by atoms with Crippen LogP contribution in [0.25, 0.3) is 0 Å². The van der Waals surface area contributed by atoms with E-state index in [4.69, 9.17) is 5.26 Å². The van der Waals surface area contributed by atoms with Gasteiger partial charge in [0.05, 0.1) is 6.07 Å². The molecule has 0 aliphatic heterocycles. The molecule has 1 fully saturated rings.